The number of aliphatic hydroxyl groups is 1. The molecule has 0 radical (unpaired) electrons. The summed E-state index contributed by atoms with van der Waals surface area (Å²) in [6.07, 6.45) is 4.48. The molecule has 0 bridgehead atoms. The Hall–Kier alpha value is -0.120. The Balaban J connectivity index is 1.78. The van der Waals surface area contributed by atoms with E-state index in [0.29, 0.717) is 0 Å². The second kappa shape index (κ2) is 4.81. The normalized spacial score (nSPS) is 35.6. The molecule has 0 amide bonds. The van der Waals surface area contributed by atoms with Crippen LogP contribution in [0.2, 0.25) is 0 Å². The maximum absolute atomic E-state index is 10.0. The first-order valence-electron chi connectivity index (χ1n) is 6.18. The molecule has 2 aliphatic heterocycles. The second-order valence-electron chi connectivity index (χ2n) is 5.39. The van der Waals surface area contributed by atoms with Crippen LogP contribution in [0, 0.1) is 5.92 Å². The molecule has 2 heterocycles. The first kappa shape index (κ1) is 11.4. The molecule has 15 heavy (non-hydrogen) atoms. The van der Waals surface area contributed by atoms with Crippen molar-refractivity contribution in [3.05, 3.63) is 0 Å². The Morgan fingerprint density at radius 2 is 2.13 bits per heavy atom. The molecule has 3 nitrogen and oxygen atoms in total. The Bertz CT molecular complexity index is 200. The maximum Gasteiger partial charge on any atom is 0.0746 e. The van der Waals surface area contributed by atoms with Crippen LogP contribution < -0.4 is 0 Å². The van der Waals surface area contributed by atoms with E-state index in [-0.39, 0.29) is 0 Å². The number of hydrogen-bond donors (Lipinski definition) is 1. The lowest BCUT2D eigenvalue weighted by Crippen LogP contribution is -2.47. The summed E-state index contributed by atoms with van der Waals surface area (Å²) in [5.74, 6) is 0.785. The fourth-order valence-corrected chi connectivity index (χ4v) is 2.77. The van der Waals surface area contributed by atoms with Crippen molar-refractivity contribution in [3.8, 4) is 0 Å². The number of hydrogen-bond acceptors (Lipinski definition) is 3. The summed E-state index contributed by atoms with van der Waals surface area (Å²) in [4.78, 5) is 2.43. The average molecular weight is 213 g/mol. The molecular formula is C12H23NO2. The van der Waals surface area contributed by atoms with Crippen LogP contribution in [0.25, 0.3) is 0 Å². The van der Waals surface area contributed by atoms with Gasteiger partial charge in [-0.2, -0.15) is 0 Å². The van der Waals surface area contributed by atoms with E-state index >= 15 is 0 Å². The highest BCUT2D eigenvalue weighted by Gasteiger charge is 2.29. The van der Waals surface area contributed by atoms with Gasteiger partial charge in [-0.3, -0.25) is 0 Å². The molecule has 2 saturated heterocycles. The quantitative estimate of drug-likeness (QED) is 0.749. The fraction of sp³-hybridized carbons (Fsp3) is 1.00. The van der Waals surface area contributed by atoms with E-state index in [1.807, 2.05) is 6.92 Å². The van der Waals surface area contributed by atoms with Gasteiger partial charge in [-0.25, -0.2) is 0 Å². The third-order valence-corrected chi connectivity index (χ3v) is 3.61. The molecule has 0 aromatic rings. The van der Waals surface area contributed by atoms with Crippen LogP contribution in [0.3, 0.4) is 0 Å². The summed E-state index contributed by atoms with van der Waals surface area (Å²) < 4.78 is 5.36. The number of rotatable bonds is 2. The zero-order valence-corrected chi connectivity index (χ0v) is 9.74. The van der Waals surface area contributed by atoms with Crippen LogP contribution in [0.1, 0.15) is 32.6 Å². The largest absolute Gasteiger partial charge is 0.389 e. The first-order valence-corrected chi connectivity index (χ1v) is 6.18. The third-order valence-electron chi connectivity index (χ3n) is 3.61. The van der Waals surface area contributed by atoms with Crippen LogP contribution in [0.4, 0.5) is 0 Å². The summed E-state index contributed by atoms with van der Waals surface area (Å²) in [7, 11) is 0. The zero-order chi connectivity index (χ0) is 10.7. The van der Waals surface area contributed by atoms with Gasteiger partial charge in [0.2, 0.25) is 0 Å². The summed E-state index contributed by atoms with van der Waals surface area (Å²) in [6, 6.07) is 0. The molecule has 1 N–H and O–H groups in total. The van der Waals surface area contributed by atoms with Crippen molar-refractivity contribution >= 4 is 0 Å². The molecule has 88 valence electrons. The maximum atomic E-state index is 10.0. The van der Waals surface area contributed by atoms with Crippen molar-refractivity contribution in [1.29, 1.82) is 0 Å². The molecule has 2 fully saturated rings. The van der Waals surface area contributed by atoms with Gasteiger partial charge >= 0.3 is 0 Å². The van der Waals surface area contributed by atoms with Gasteiger partial charge < -0.3 is 14.7 Å². The minimum atomic E-state index is -0.455. The standard InChI is InChI=1S/C12H23NO2/c1-12(14)5-2-6-13(10-12)9-11-3-7-15-8-4-11/h11,14H,2-10H2,1H3. The summed E-state index contributed by atoms with van der Waals surface area (Å²) in [5.41, 5.74) is -0.455. The van der Waals surface area contributed by atoms with Crippen molar-refractivity contribution in [1.82, 2.24) is 4.90 Å². The van der Waals surface area contributed by atoms with Gasteiger partial charge in [-0.05, 0) is 45.1 Å². The number of ether oxygens (including phenoxy) is 1. The first-order chi connectivity index (χ1) is 7.16. The van der Waals surface area contributed by atoms with Gasteiger partial charge in [0.25, 0.3) is 0 Å². The number of nitrogens with zero attached hydrogens (tertiary/aromatic N) is 1. The van der Waals surface area contributed by atoms with Crippen molar-refractivity contribution in [2.75, 3.05) is 32.8 Å². The second-order valence-corrected chi connectivity index (χ2v) is 5.39. The molecule has 2 aliphatic rings. The molecule has 0 aromatic carbocycles. The topological polar surface area (TPSA) is 32.7 Å². The molecule has 1 unspecified atom stereocenters. The predicted molar refractivity (Wildman–Crippen MR) is 59.8 cm³/mol. The number of piperidine rings is 1. The van der Waals surface area contributed by atoms with Crippen LogP contribution in [0.5, 0.6) is 0 Å². The Labute approximate surface area is 92.4 Å². The molecule has 0 spiro atoms. The minimum Gasteiger partial charge on any atom is -0.389 e. The summed E-state index contributed by atoms with van der Waals surface area (Å²) >= 11 is 0. The highest BCUT2D eigenvalue weighted by atomic mass is 16.5. The van der Waals surface area contributed by atoms with Crippen molar-refractivity contribution in [2.24, 2.45) is 5.92 Å². The fourth-order valence-electron chi connectivity index (χ4n) is 2.77. The Kier molecular flexibility index (Phi) is 3.65. The summed E-state index contributed by atoms with van der Waals surface area (Å²) in [6.45, 7) is 6.98. The molecule has 2 rings (SSSR count). The number of likely N-dealkylation sites (tertiary alicyclic amines) is 1. The Morgan fingerprint density at radius 3 is 2.80 bits per heavy atom. The van der Waals surface area contributed by atoms with E-state index in [0.717, 1.165) is 51.6 Å². The monoisotopic (exact) mass is 213 g/mol. The molecular weight excluding hydrogens is 190 g/mol. The minimum absolute atomic E-state index is 0.455. The lowest BCUT2D eigenvalue weighted by molar-refractivity contribution is -0.0273. The predicted octanol–water partition coefficient (Wildman–Crippen LogP) is 1.26. The highest BCUT2D eigenvalue weighted by Crippen LogP contribution is 2.23. The molecule has 0 aliphatic carbocycles. The third kappa shape index (κ3) is 3.44. The van der Waals surface area contributed by atoms with Crippen molar-refractivity contribution < 1.29 is 9.84 Å². The van der Waals surface area contributed by atoms with Gasteiger partial charge in [0, 0.05) is 26.3 Å². The number of β-amino-alcohol motifs (C(OH)–C–C–N with tert-alkyl or cyclic N) is 1. The van der Waals surface area contributed by atoms with E-state index in [1.54, 1.807) is 0 Å². The van der Waals surface area contributed by atoms with Gasteiger partial charge in [-0.1, -0.05) is 0 Å². The molecule has 3 heteroatoms. The lowest BCUT2D eigenvalue weighted by Gasteiger charge is -2.39. The van der Waals surface area contributed by atoms with E-state index < -0.39 is 5.60 Å². The van der Waals surface area contributed by atoms with Crippen LogP contribution in [-0.2, 0) is 4.74 Å². The van der Waals surface area contributed by atoms with E-state index in [9.17, 15) is 5.11 Å². The van der Waals surface area contributed by atoms with E-state index in [1.165, 1.54) is 12.8 Å². The average Bonchev–Trinajstić information content (AvgIpc) is 2.17. The van der Waals surface area contributed by atoms with E-state index in [4.69, 9.17) is 4.74 Å². The van der Waals surface area contributed by atoms with Gasteiger partial charge in [-0.15, -0.1) is 0 Å². The van der Waals surface area contributed by atoms with Gasteiger partial charge in [0.1, 0.15) is 0 Å². The molecule has 0 aromatic heterocycles. The molecule has 1 atom stereocenters. The highest BCUT2D eigenvalue weighted by molar-refractivity contribution is 4.84. The lowest BCUT2D eigenvalue weighted by atomic mass is 9.93. The Morgan fingerprint density at radius 1 is 1.40 bits per heavy atom. The van der Waals surface area contributed by atoms with Crippen LogP contribution >= 0.6 is 0 Å². The van der Waals surface area contributed by atoms with Crippen LogP contribution in [-0.4, -0.2) is 48.5 Å². The summed E-state index contributed by atoms with van der Waals surface area (Å²) in [5, 5.41) is 10.0. The van der Waals surface area contributed by atoms with Crippen molar-refractivity contribution in [3.63, 3.8) is 0 Å². The zero-order valence-electron chi connectivity index (χ0n) is 9.74. The van der Waals surface area contributed by atoms with Gasteiger partial charge in [0.15, 0.2) is 0 Å². The van der Waals surface area contributed by atoms with Gasteiger partial charge in [0.05, 0.1) is 5.60 Å². The smallest absolute Gasteiger partial charge is 0.0746 e. The SMILES string of the molecule is CC1(O)CCCN(CC2CCOCC2)C1. The van der Waals surface area contributed by atoms with Crippen molar-refractivity contribution in [2.45, 2.75) is 38.2 Å². The molecule has 0 saturated carbocycles. The van der Waals surface area contributed by atoms with E-state index in [2.05, 4.69) is 4.90 Å². The van der Waals surface area contributed by atoms with Crippen LogP contribution in [0.15, 0.2) is 0 Å².